The van der Waals surface area contributed by atoms with E-state index in [-0.39, 0.29) is 22.7 Å². The third-order valence-electron chi connectivity index (χ3n) is 3.37. The van der Waals surface area contributed by atoms with Crippen molar-refractivity contribution in [2.24, 2.45) is 0 Å². The lowest BCUT2D eigenvalue weighted by molar-refractivity contribution is -0.122. The van der Waals surface area contributed by atoms with Gasteiger partial charge in [0.05, 0.1) is 11.6 Å². The number of hydrogen-bond donors (Lipinski definition) is 0. The van der Waals surface area contributed by atoms with Crippen molar-refractivity contribution in [1.29, 1.82) is 0 Å². The van der Waals surface area contributed by atoms with E-state index >= 15 is 0 Å². The third kappa shape index (κ3) is 2.41. The van der Waals surface area contributed by atoms with E-state index < -0.39 is 6.10 Å². The molecule has 22 heavy (non-hydrogen) atoms. The normalized spacial score (nSPS) is 12.3. The zero-order chi connectivity index (χ0) is 15.7. The lowest BCUT2D eigenvalue weighted by atomic mass is 10.2. The summed E-state index contributed by atoms with van der Waals surface area (Å²) < 4.78 is 16.6. The summed E-state index contributed by atoms with van der Waals surface area (Å²) in [5.41, 5.74) is 0.100. The molecule has 0 N–H and O–H groups in total. The fourth-order valence-corrected chi connectivity index (χ4v) is 2.06. The van der Waals surface area contributed by atoms with Crippen molar-refractivity contribution in [3.05, 3.63) is 52.9 Å². The summed E-state index contributed by atoms with van der Waals surface area (Å²) in [6.07, 6.45) is 0.723. The number of furan rings is 1. The Morgan fingerprint density at radius 1 is 1.18 bits per heavy atom. The average Bonchev–Trinajstić information content (AvgIpc) is 3.04. The number of carbonyl (C=O) groups is 1. The molecule has 5 heteroatoms. The molecule has 1 aromatic carbocycles. The number of Topliss-reactive ketones (excluding diaryl/α,β-unsaturated/α-hetero) is 1. The molecular weight excluding hydrogens is 284 g/mol. The quantitative estimate of drug-likeness (QED) is 0.738. The second-order valence-electron chi connectivity index (χ2n) is 4.93. The Morgan fingerprint density at radius 3 is 2.64 bits per heavy atom. The molecule has 2 aromatic heterocycles. The molecule has 0 aliphatic heterocycles. The number of benzene rings is 1. The summed E-state index contributed by atoms with van der Waals surface area (Å²) in [4.78, 5) is 24.1. The van der Waals surface area contributed by atoms with Crippen LogP contribution in [0.4, 0.5) is 0 Å². The van der Waals surface area contributed by atoms with Gasteiger partial charge in [0.2, 0.25) is 16.9 Å². The first-order chi connectivity index (χ1) is 10.6. The highest BCUT2D eigenvalue weighted by Crippen LogP contribution is 2.31. The molecule has 0 unspecified atom stereocenters. The number of carbonyl (C=O) groups excluding carboxylic acids is 1. The first-order valence-electron chi connectivity index (χ1n) is 6.84. The molecule has 0 aliphatic rings. The molecule has 0 spiro atoms. The van der Waals surface area contributed by atoms with Crippen LogP contribution in [0.2, 0.25) is 0 Å². The highest BCUT2D eigenvalue weighted by atomic mass is 16.5. The van der Waals surface area contributed by atoms with E-state index in [1.165, 1.54) is 13.2 Å². The molecule has 0 amide bonds. The highest BCUT2D eigenvalue weighted by Gasteiger charge is 2.22. The third-order valence-corrected chi connectivity index (χ3v) is 3.37. The van der Waals surface area contributed by atoms with Gasteiger partial charge < -0.3 is 13.6 Å². The van der Waals surface area contributed by atoms with Gasteiger partial charge in [0.25, 0.3) is 0 Å². The molecule has 0 radical (unpaired) electrons. The summed E-state index contributed by atoms with van der Waals surface area (Å²) >= 11 is 0. The fourth-order valence-electron chi connectivity index (χ4n) is 2.06. The Labute approximate surface area is 126 Å². The molecule has 0 saturated carbocycles. The minimum Gasteiger partial charge on any atom is -0.475 e. The SMILES string of the molecule is CC(=O)[C@H](C)Oc1c(-c2ccco2)oc2ccccc2c1=O. The second-order valence-corrected chi connectivity index (χ2v) is 4.93. The molecule has 1 atom stereocenters. The number of ether oxygens (including phenoxy) is 1. The number of para-hydroxylation sites is 1. The maximum Gasteiger partial charge on any atom is 0.235 e. The van der Waals surface area contributed by atoms with Crippen LogP contribution in [0.3, 0.4) is 0 Å². The smallest absolute Gasteiger partial charge is 0.235 e. The first kappa shape index (κ1) is 14.1. The van der Waals surface area contributed by atoms with Gasteiger partial charge in [-0.2, -0.15) is 0 Å². The van der Waals surface area contributed by atoms with Crippen LogP contribution in [0.1, 0.15) is 13.8 Å². The molecule has 0 fully saturated rings. The minimum atomic E-state index is -0.752. The largest absolute Gasteiger partial charge is 0.475 e. The highest BCUT2D eigenvalue weighted by molar-refractivity contribution is 5.83. The van der Waals surface area contributed by atoms with Crippen molar-refractivity contribution >= 4 is 16.8 Å². The Kier molecular flexibility index (Phi) is 3.55. The van der Waals surface area contributed by atoms with Crippen molar-refractivity contribution in [2.75, 3.05) is 0 Å². The molecule has 0 saturated heterocycles. The summed E-state index contributed by atoms with van der Waals surface area (Å²) in [5, 5.41) is 0.392. The van der Waals surface area contributed by atoms with Gasteiger partial charge in [-0.25, -0.2) is 0 Å². The van der Waals surface area contributed by atoms with E-state index in [1.54, 1.807) is 43.3 Å². The summed E-state index contributed by atoms with van der Waals surface area (Å²) in [7, 11) is 0. The summed E-state index contributed by atoms with van der Waals surface area (Å²) in [6.45, 7) is 2.99. The molecule has 3 rings (SSSR count). The van der Waals surface area contributed by atoms with Crippen LogP contribution >= 0.6 is 0 Å². The molecule has 3 aromatic rings. The van der Waals surface area contributed by atoms with Gasteiger partial charge in [0.15, 0.2) is 17.6 Å². The van der Waals surface area contributed by atoms with Crippen LogP contribution in [-0.4, -0.2) is 11.9 Å². The standard InChI is InChI=1S/C17H14O5/c1-10(18)11(2)21-17-15(19)12-6-3-4-7-13(12)22-16(17)14-8-5-9-20-14/h3-9,11H,1-2H3/t11-/m0/s1. The number of ketones is 1. The van der Waals surface area contributed by atoms with Gasteiger partial charge in [-0.15, -0.1) is 0 Å². The van der Waals surface area contributed by atoms with Gasteiger partial charge in [0.1, 0.15) is 5.58 Å². The van der Waals surface area contributed by atoms with E-state index in [0.29, 0.717) is 16.7 Å². The first-order valence-corrected chi connectivity index (χ1v) is 6.84. The Hall–Kier alpha value is -2.82. The van der Waals surface area contributed by atoms with E-state index in [4.69, 9.17) is 13.6 Å². The Morgan fingerprint density at radius 2 is 1.95 bits per heavy atom. The number of fused-ring (bicyclic) bond motifs is 1. The molecule has 0 bridgehead atoms. The van der Waals surface area contributed by atoms with Crippen molar-refractivity contribution in [2.45, 2.75) is 20.0 Å². The fraction of sp³-hybridized carbons (Fsp3) is 0.176. The predicted molar refractivity (Wildman–Crippen MR) is 81.0 cm³/mol. The zero-order valence-electron chi connectivity index (χ0n) is 12.2. The van der Waals surface area contributed by atoms with E-state index in [0.717, 1.165) is 0 Å². The van der Waals surface area contributed by atoms with Gasteiger partial charge in [0, 0.05) is 0 Å². The van der Waals surface area contributed by atoms with Crippen LogP contribution in [0.25, 0.3) is 22.5 Å². The predicted octanol–water partition coefficient (Wildman–Crippen LogP) is 3.41. The van der Waals surface area contributed by atoms with Crippen LogP contribution in [0, 0.1) is 0 Å². The van der Waals surface area contributed by atoms with E-state index in [2.05, 4.69) is 0 Å². The molecule has 2 heterocycles. The molecule has 112 valence electrons. The zero-order valence-corrected chi connectivity index (χ0v) is 12.2. The summed E-state index contributed by atoms with van der Waals surface area (Å²) in [6, 6.07) is 10.2. The molecule has 5 nitrogen and oxygen atoms in total. The lowest BCUT2D eigenvalue weighted by Gasteiger charge is -2.13. The van der Waals surface area contributed by atoms with Crippen molar-refractivity contribution < 1.29 is 18.4 Å². The molecular formula is C17H14O5. The van der Waals surface area contributed by atoms with Crippen LogP contribution in [-0.2, 0) is 4.79 Å². The van der Waals surface area contributed by atoms with Gasteiger partial charge >= 0.3 is 0 Å². The van der Waals surface area contributed by atoms with Crippen LogP contribution < -0.4 is 10.2 Å². The number of rotatable bonds is 4. The molecule has 0 aliphatic carbocycles. The number of hydrogen-bond acceptors (Lipinski definition) is 5. The van der Waals surface area contributed by atoms with Gasteiger partial charge in [-0.1, -0.05) is 12.1 Å². The van der Waals surface area contributed by atoms with Crippen LogP contribution in [0.5, 0.6) is 5.75 Å². The van der Waals surface area contributed by atoms with E-state index in [9.17, 15) is 9.59 Å². The van der Waals surface area contributed by atoms with Gasteiger partial charge in [-0.05, 0) is 38.1 Å². The average molecular weight is 298 g/mol. The maximum atomic E-state index is 12.7. The lowest BCUT2D eigenvalue weighted by Crippen LogP contribution is -2.24. The maximum absolute atomic E-state index is 12.7. The topological polar surface area (TPSA) is 69.7 Å². The summed E-state index contributed by atoms with van der Waals surface area (Å²) in [5.74, 6) is 0.352. The van der Waals surface area contributed by atoms with Crippen molar-refractivity contribution in [1.82, 2.24) is 0 Å². The minimum absolute atomic E-state index is 0.0173. The van der Waals surface area contributed by atoms with Crippen molar-refractivity contribution in [3.63, 3.8) is 0 Å². The van der Waals surface area contributed by atoms with Gasteiger partial charge in [-0.3, -0.25) is 9.59 Å². The van der Waals surface area contributed by atoms with Crippen molar-refractivity contribution in [3.8, 4) is 17.3 Å². The monoisotopic (exact) mass is 298 g/mol. The second kappa shape index (κ2) is 5.52. The Bertz CT molecular complexity index is 874. The van der Waals surface area contributed by atoms with E-state index in [1.807, 2.05) is 0 Å². The Balaban J connectivity index is 2.26. The van der Waals surface area contributed by atoms with Crippen LogP contribution in [0.15, 0.2) is 56.3 Å².